The fourth-order valence-electron chi connectivity index (χ4n) is 3.54. The van der Waals surface area contributed by atoms with E-state index < -0.39 is 11.5 Å². The molecule has 7 heteroatoms. The summed E-state index contributed by atoms with van der Waals surface area (Å²) in [7, 11) is 0. The number of nitrogens with zero attached hydrogens (tertiary/aromatic N) is 1. The lowest BCUT2D eigenvalue weighted by Gasteiger charge is -2.25. The first-order valence-electron chi connectivity index (χ1n) is 9.81. The van der Waals surface area contributed by atoms with Crippen molar-refractivity contribution in [3.8, 4) is 0 Å². The molecule has 1 aliphatic heterocycles. The first kappa shape index (κ1) is 22.0. The number of likely N-dealkylation sites (tertiary alicyclic amines) is 1. The first-order valence-corrected chi connectivity index (χ1v) is 9.81. The summed E-state index contributed by atoms with van der Waals surface area (Å²) in [5.41, 5.74) is -0.0174. The van der Waals surface area contributed by atoms with E-state index in [-0.39, 0.29) is 30.3 Å². The van der Waals surface area contributed by atoms with Crippen molar-refractivity contribution in [1.29, 1.82) is 0 Å². The minimum absolute atomic E-state index is 0.0431. The predicted molar refractivity (Wildman–Crippen MR) is 104 cm³/mol. The summed E-state index contributed by atoms with van der Waals surface area (Å²) in [5.74, 6) is -0.724. The Labute approximate surface area is 165 Å². The Hall–Kier alpha value is -2.28. The van der Waals surface area contributed by atoms with Crippen molar-refractivity contribution >= 4 is 23.4 Å². The highest BCUT2D eigenvalue weighted by atomic mass is 16.3. The number of Topliss-reactive ketones (excluding diaryl/α,β-unsaturated/α-hetero) is 2. The lowest BCUT2D eigenvalue weighted by atomic mass is 9.82. The molecular weight excluding hydrogens is 360 g/mol. The van der Waals surface area contributed by atoms with Gasteiger partial charge in [0.25, 0.3) is 5.91 Å². The molecule has 1 saturated heterocycles. The Bertz CT molecular complexity index is 761. The standard InChI is InChI=1S/C21H30N2O5/c1-13-14(2)19(26)16(15(3)18(13)25)8-9-21(4,28)20(27)22-10-6-12-23-11-5-7-17(23)24/h28H,5-12H2,1-4H3,(H,22,27). The maximum atomic E-state index is 12.5. The molecular formula is C21H30N2O5. The highest BCUT2D eigenvalue weighted by molar-refractivity contribution is 6.24. The van der Waals surface area contributed by atoms with Gasteiger partial charge in [-0.05, 0) is 53.4 Å². The lowest BCUT2D eigenvalue weighted by Crippen LogP contribution is -2.45. The zero-order valence-corrected chi connectivity index (χ0v) is 17.2. The van der Waals surface area contributed by atoms with Gasteiger partial charge in [0.2, 0.25) is 5.91 Å². The van der Waals surface area contributed by atoms with Crippen LogP contribution in [0.2, 0.25) is 0 Å². The van der Waals surface area contributed by atoms with E-state index in [9.17, 15) is 24.3 Å². The molecule has 0 bridgehead atoms. The third-order valence-electron chi connectivity index (χ3n) is 5.72. The molecule has 0 saturated carbocycles. The molecule has 2 rings (SSSR count). The third kappa shape index (κ3) is 4.76. The Kier molecular flexibility index (Phi) is 6.93. The molecule has 1 fully saturated rings. The predicted octanol–water partition coefficient (Wildman–Crippen LogP) is 1.45. The average molecular weight is 390 g/mol. The van der Waals surface area contributed by atoms with E-state index in [4.69, 9.17) is 0 Å². The minimum Gasteiger partial charge on any atom is -0.380 e. The van der Waals surface area contributed by atoms with Crippen molar-refractivity contribution in [3.63, 3.8) is 0 Å². The Morgan fingerprint density at radius 2 is 1.75 bits per heavy atom. The molecule has 0 aromatic carbocycles. The fraction of sp³-hybridized carbons (Fsp3) is 0.619. The molecule has 2 N–H and O–H groups in total. The van der Waals surface area contributed by atoms with Crippen LogP contribution in [0.4, 0.5) is 0 Å². The molecule has 154 valence electrons. The van der Waals surface area contributed by atoms with Crippen LogP contribution >= 0.6 is 0 Å². The van der Waals surface area contributed by atoms with Gasteiger partial charge in [0.15, 0.2) is 11.6 Å². The number of amides is 2. The zero-order valence-electron chi connectivity index (χ0n) is 17.2. The van der Waals surface area contributed by atoms with Gasteiger partial charge in [0.1, 0.15) is 5.60 Å². The maximum absolute atomic E-state index is 12.5. The van der Waals surface area contributed by atoms with Crippen molar-refractivity contribution in [2.75, 3.05) is 19.6 Å². The number of aliphatic hydroxyl groups is 1. The summed E-state index contributed by atoms with van der Waals surface area (Å²) >= 11 is 0. The van der Waals surface area contributed by atoms with Crippen molar-refractivity contribution in [1.82, 2.24) is 10.2 Å². The smallest absolute Gasteiger partial charge is 0.251 e. The summed E-state index contributed by atoms with van der Waals surface area (Å²) in [6.07, 6.45) is 2.29. The summed E-state index contributed by atoms with van der Waals surface area (Å²) in [6.45, 7) is 7.99. The SMILES string of the molecule is CC1=C(C)C(=O)C(CCC(C)(O)C(=O)NCCCN2CCCC2=O)=C(C)C1=O. The molecule has 0 radical (unpaired) electrons. The summed E-state index contributed by atoms with van der Waals surface area (Å²) in [6, 6.07) is 0. The van der Waals surface area contributed by atoms with Gasteiger partial charge in [-0.25, -0.2) is 0 Å². The van der Waals surface area contributed by atoms with E-state index in [1.54, 1.807) is 25.7 Å². The maximum Gasteiger partial charge on any atom is 0.251 e. The monoisotopic (exact) mass is 390 g/mol. The number of hydrogen-bond acceptors (Lipinski definition) is 5. The van der Waals surface area contributed by atoms with Crippen molar-refractivity contribution in [2.45, 2.75) is 65.4 Å². The Morgan fingerprint density at radius 3 is 2.36 bits per heavy atom. The van der Waals surface area contributed by atoms with Gasteiger partial charge in [0.05, 0.1) is 0 Å². The van der Waals surface area contributed by atoms with Crippen LogP contribution < -0.4 is 5.32 Å². The van der Waals surface area contributed by atoms with Crippen LogP contribution in [0, 0.1) is 0 Å². The van der Waals surface area contributed by atoms with Crippen molar-refractivity contribution < 1.29 is 24.3 Å². The summed E-state index contributed by atoms with van der Waals surface area (Å²) in [5, 5.41) is 13.2. The van der Waals surface area contributed by atoms with Crippen molar-refractivity contribution in [2.24, 2.45) is 0 Å². The molecule has 0 spiro atoms. The van der Waals surface area contributed by atoms with E-state index in [2.05, 4.69) is 5.32 Å². The molecule has 1 unspecified atom stereocenters. The van der Waals surface area contributed by atoms with Gasteiger partial charge >= 0.3 is 0 Å². The van der Waals surface area contributed by atoms with Gasteiger partial charge in [0, 0.05) is 48.3 Å². The molecule has 2 amide bonds. The molecule has 0 aromatic heterocycles. The topological polar surface area (TPSA) is 104 Å². The number of hydrogen-bond donors (Lipinski definition) is 2. The number of rotatable bonds is 8. The molecule has 1 aliphatic carbocycles. The molecule has 1 heterocycles. The van der Waals surface area contributed by atoms with E-state index in [0.717, 1.165) is 13.0 Å². The van der Waals surface area contributed by atoms with Crippen LogP contribution in [0.3, 0.4) is 0 Å². The molecule has 2 aliphatic rings. The third-order valence-corrected chi connectivity index (χ3v) is 5.72. The average Bonchev–Trinajstić information content (AvgIpc) is 3.06. The van der Waals surface area contributed by atoms with Crippen LogP contribution in [0.15, 0.2) is 22.3 Å². The second-order valence-electron chi connectivity index (χ2n) is 7.88. The zero-order chi connectivity index (χ0) is 21.1. The highest BCUT2D eigenvalue weighted by Crippen LogP contribution is 2.28. The fourth-order valence-corrected chi connectivity index (χ4v) is 3.54. The largest absolute Gasteiger partial charge is 0.380 e. The van der Waals surface area contributed by atoms with Crippen LogP contribution in [0.25, 0.3) is 0 Å². The van der Waals surface area contributed by atoms with Crippen LogP contribution in [-0.2, 0) is 19.2 Å². The lowest BCUT2D eigenvalue weighted by molar-refractivity contribution is -0.138. The van der Waals surface area contributed by atoms with Gasteiger partial charge in [-0.1, -0.05) is 0 Å². The van der Waals surface area contributed by atoms with E-state index in [1.165, 1.54) is 6.92 Å². The van der Waals surface area contributed by atoms with Gasteiger partial charge in [-0.15, -0.1) is 0 Å². The number of carbonyl (C=O) groups excluding carboxylic acids is 4. The van der Waals surface area contributed by atoms with Gasteiger partial charge in [-0.3, -0.25) is 19.2 Å². The highest BCUT2D eigenvalue weighted by Gasteiger charge is 2.33. The molecule has 1 atom stereocenters. The van der Waals surface area contributed by atoms with Crippen LogP contribution in [0.1, 0.15) is 59.8 Å². The van der Waals surface area contributed by atoms with E-state index >= 15 is 0 Å². The number of carbonyl (C=O) groups is 4. The minimum atomic E-state index is -1.65. The van der Waals surface area contributed by atoms with E-state index in [1.807, 2.05) is 0 Å². The van der Waals surface area contributed by atoms with E-state index in [0.29, 0.717) is 48.2 Å². The van der Waals surface area contributed by atoms with Gasteiger partial charge in [-0.2, -0.15) is 0 Å². The quantitative estimate of drug-likeness (QED) is 0.482. The molecule has 7 nitrogen and oxygen atoms in total. The number of ketones is 2. The second kappa shape index (κ2) is 8.82. The first-order chi connectivity index (χ1) is 13.1. The van der Waals surface area contributed by atoms with Gasteiger partial charge < -0.3 is 15.3 Å². The normalized spacial score (nSPS) is 20.2. The Balaban J connectivity index is 1.85. The van der Waals surface area contributed by atoms with Crippen LogP contribution in [-0.4, -0.2) is 58.6 Å². The molecule has 28 heavy (non-hydrogen) atoms. The summed E-state index contributed by atoms with van der Waals surface area (Å²) in [4.78, 5) is 50.3. The summed E-state index contributed by atoms with van der Waals surface area (Å²) < 4.78 is 0. The van der Waals surface area contributed by atoms with Crippen molar-refractivity contribution in [3.05, 3.63) is 22.3 Å². The molecule has 0 aromatic rings. The Morgan fingerprint density at radius 1 is 1.11 bits per heavy atom. The number of nitrogens with one attached hydrogen (secondary N) is 1. The second-order valence-corrected chi connectivity index (χ2v) is 7.88. The number of allylic oxidation sites excluding steroid dienone is 4. The van der Waals surface area contributed by atoms with Crippen LogP contribution in [0.5, 0.6) is 0 Å².